The molecule has 0 amide bonds. The number of rotatable bonds is 0. The second kappa shape index (κ2) is 2.93. The van der Waals surface area contributed by atoms with Crippen molar-refractivity contribution in [2.24, 2.45) is 28.6 Å². The van der Waals surface area contributed by atoms with E-state index in [-0.39, 0.29) is 11.5 Å². The topological polar surface area (TPSA) is 20.2 Å². The average Bonchev–Trinajstić information content (AvgIpc) is 2.61. The van der Waals surface area contributed by atoms with Crippen LogP contribution in [0.25, 0.3) is 0 Å². The Morgan fingerprint density at radius 3 is 2.69 bits per heavy atom. The lowest BCUT2D eigenvalue weighted by atomic mass is 9.66. The molecular weight excluding hydrogens is 196 g/mol. The van der Waals surface area contributed by atoms with Gasteiger partial charge in [0.2, 0.25) is 0 Å². The molecule has 3 rings (SSSR count). The summed E-state index contributed by atoms with van der Waals surface area (Å²) in [5.74, 6) is 2.13. The second-order valence-electron chi connectivity index (χ2n) is 7.08. The van der Waals surface area contributed by atoms with E-state index < -0.39 is 0 Å². The molecule has 0 aromatic rings. The summed E-state index contributed by atoms with van der Waals surface area (Å²) in [7, 11) is 0. The van der Waals surface area contributed by atoms with Crippen molar-refractivity contribution in [3.8, 4) is 0 Å². The third-order valence-corrected chi connectivity index (χ3v) is 6.33. The summed E-state index contributed by atoms with van der Waals surface area (Å²) < 4.78 is 0. The highest BCUT2D eigenvalue weighted by Gasteiger charge is 2.66. The van der Waals surface area contributed by atoms with Crippen LogP contribution in [0, 0.1) is 28.6 Å². The van der Waals surface area contributed by atoms with Gasteiger partial charge >= 0.3 is 0 Å². The summed E-state index contributed by atoms with van der Waals surface area (Å²) in [5.41, 5.74) is 2.04. The van der Waals surface area contributed by atoms with Gasteiger partial charge in [-0.15, -0.1) is 0 Å². The summed E-state index contributed by atoms with van der Waals surface area (Å²) in [4.78, 5) is 0. The molecule has 0 heterocycles. The maximum absolute atomic E-state index is 10.6. The van der Waals surface area contributed by atoms with E-state index in [4.69, 9.17) is 0 Å². The zero-order chi connectivity index (χ0) is 11.7. The molecule has 3 aliphatic carbocycles. The van der Waals surface area contributed by atoms with Gasteiger partial charge in [0.15, 0.2) is 0 Å². The predicted octanol–water partition coefficient (Wildman–Crippen LogP) is 3.39. The molecular formula is C15H24O. The molecule has 1 nitrogen and oxygen atoms in total. The Morgan fingerprint density at radius 2 is 2.00 bits per heavy atom. The van der Waals surface area contributed by atoms with Crippen LogP contribution in [0.1, 0.15) is 47.0 Å². The van der Waals surface area contributed by atoms with Crippen LogP contribution in [0.15, 0.2) is 11.6 Å². The molecule has 1 spiro atoms. The predicted molar refractivity (Wildman–Crippen MR) is 66.0 cm³/mol. The monoisotopic (exact) mass is 220 g/mol. The van der Waals surface area contributed by atoms with Gasteiger partial charge in [-0.05, 0) is 49.4 Å². The standard InChI is InChI=1S/C15H24O/c1-9-7-13(16)15-8-11(9)14(3,4)12(15)6-5-10(15)2/h7,10-13,16H,5-6,8H2,1-4H3/t10-,11+,12+,13+,15-/m1/s1. The Morgan fingerprint density at radius 1 is 1.31 bits per heavy atom. The van der Waals surface area contributed by atoms with E-state index in [1.165, 1.54) is 24.8 Å². The Bertz CT molecular complexity index is 354. The first-order valence-corrected chi connectivity index (χ1v) is 6.77. The number of aliphatic hydroxyl groups excluding tert-OH is 1. The smallest absolute Gasteiger partial charge is 0.0785 e. The summed E-state index contributed by atoms with van der Waals surface area (Å²) in [6.45, 7) is 9.43. The number of allylic oxidation sites excluding steroid dienone is 1. The Hall–Kier alpha value is -0.300. The second-order valence-corrected chi connectivity index (χ2v) is 7.08. The number of fused-ring (bicyclic) bond motifs is 1. The van der Waals surface area contributed by atoms with E-state index in [1.807, 2.05) is 0 Å². The van der Waals surface area contributed by atoms with Crippen molar-refractivity contribution >= 4 is 0 Å². The van der Waals surface area contributed by atoms with Crippen LogP contribution in [-0.4, -0.2) is 11.2 Å². The fourth-order valence-electron chi connectivity index (χ4n) is 5.45. The summed E-state index contributed by atoms with van der Waals surface area (Å²) in [6, 6.07) is 0. The van der Waals surface area contributed by atoms with Gasteiger partial charge in [-0.25, -0.2) is 0 Å². The maximum atomic E-state index is 10.6. The van der Waals surface area contributed by atoms with Gasteiger partial charge in [0.05, 0.1) is 6.10 Å². The van der Waals surface area contributed by atoms with Crippen LogP contribution in [0.5, 0.6) is 0 Å². The third-order valence-electron chi connectivity index (χ3n) is 6.33. The lowest BCUT2D eigenvalue weighted by Crippen LogP contribution is -2.41. The molecule has 1 heteroatoms. The van der Waals surface area contributed by atoms with Crippen LogP contribution in [-0.2, 0) is 0 Å². The van der Waals surface area contributed by atoms with Gasteiger partial charge < -0.3 is 5.11 Å². The van der Waals surface area contributed by atoms with Crippen molar-refractivity contribution < 1.29 is 5.11 Å². The lowest BCUT2D eigenvalue weighted by molar-refractivity contribution is -0.00264. The molecule has 1 N–H and O–H groups in total. The van der Waals surface area contributed by atoms with Gasteiger partial charge in [0.25, 0.3) is 0 Å². The summed E-state index contributed by atoms with van der Waals surface area (Å²) in [6.07, 6.45) is 5.84. The molecule has 0 aliphatic heterocycles. The normalized spacial score (nSPS) is 53.7. The van der Waals surface area contributed by atoms with E-state index in [1.54, 1.807) is 0 Å². The largest absolute Gasteiger partial charge is 0.388 e. The first-order chi connectivity index (χ1) is 7.40. The van der Waals surface area contributed by atoms with Crippen LogP contribution in [0.2, 0.25) is 0 Å². The molecule has 0 aromatic carbocycles. The van der Waals surface area contributed by atoms with Crippen molar-refractivity contribution in [2.45, 2.75) is 53.1 Å². The SMILES string of the molecule is CC1=C[C@H](O)[C@@]23C[C@@H]1C(C)(C)[C@@H]2CC[C@H]3C. The Labute approximate surface area is 98.9 Å². The zero-order valence-corrected chi connectivity index (χ0v) is 11.0. The Kier molecular flexibility index (Phi) is 1.98. The van der Waals surface area contributed by atoms with E-state index >= 15 is 0 Å². The Balaban J connectivity index is 2.16. The molecule has 3 aliphatic rings. The van der Waals surface area contributed by atoms with E-state index in [2.05, 4.69) is 33.8 Å². The quantitative estimate of drug-likeness (QED) is 0.620. The molecule has 2 bridgehead atoms. The zero-order valence-electron chi connectivity index (χ0n) is 11.0. The van der Waals surface area contributed by atoms with E-state index in [0.717, 1.165) is 5.92 Å². The highest BCUT2D eigenvalue weighted by Crippen LogP contribution is 2.71. The van der Waals surface area contributed by atoms with Crippen LogP contribution in [0.4, 0.5) is 0 Å². The van der Waals surface area contributed by atoms with Gasteiger partial charge in [0, 0.05) is 5.41 Å². The minimum atomic E-state index is -0.187. The van der Waals surface area contributed by atoms with E-state index in [9.17, 15) is 5.11 Å². The molecule has 90 valence electrons. The highest BCUT2D eigenvalue weighted by molar-refractivity contribution is 5.28. The molecule has 0 saturated heterocycles. The van der Waals surface area contributed by atoms with Crippen LogP contribution < -0.4 is 0 Å². The van der Waals surface area contributed by atoms with Gasteiger partial charge in [-0.2, -0.15) is 0 Å². The van der Waals surface area contributed by atoms with E-state index in [0.29, 0.717) is 17.3 Å². The van der Waals surface area contributed by atoms with Crippen molar-refractivity contribution in [1.29, 1.82) is 0 Å². The summed E-state index contributed by atoms with van der Waals surface area (Å²) >= 11 is 0. The first-order valence-electron chi connectivity index (χ1n) is 6.77. The summed E-state index contributed by atoms with van der Waals surface area (Å²) in [5, 5.41) is 10.6. The third kappa shape index (κ3) is 0.971. The van der Waals surface area contributed by atoms with Crippen molar-refractivity contribution in [3.05, 3.63) is 11.6 Å². The van der Waals surface area contributed by atoms with Gasteiger partial charge in [-0.1, -0.05) is 32.4 Å². The lowest BCUT2D eigenvalue weighted by Gasteiger charge is -2.40. The van der Waals surface area contributed by atoms with Gasteiger partial charge in [0.1, 0.15) is 0 Å². The molecule has 0 unspecified atom stereocenters. The van der Waals surface area contributed by atoms with Crippen molar-refractivity contribution in [1.82, 2.24) is 0 Å². The minimum absolute atomic E-state index is 0.187. The average molecular weight is 220 g/mol. The molecule has 16 heavy (non-hydrogen) atoms. The van der Waals surface area contributed by atoms with Gasteiger partial charge in [-0.3, -0.25) is 0 Å². The molecule has 0 aromatic heterocycles. The molecule has 5 atom stereocenters. The molecule has 0 radical (unpaired) electrons. The van der Waals surface area contributed by atoms with Crippen molar-refractivity contribution in [3.63, 3.8) is 0 Å². The maximum Gasteiger partial charge on any atom is 0.0785 e. The number of hydrogen-bond donors (Lipinski definition) is 1. The molecule has 2 fully saturated rings. The number of aliphatic hydroxyl groups is 1. The highest BCUT2D eigenvalue weighted by atomic mass is 16.3. The first kappa shape index (κ1) is 10.8. The molecule has 2 saturated carbocycles. The van der Waals surface area contributed by atoms with Crippen LogP contribution in [0.3, 0.4) is 0 Å². The fraction of sp³-hybridized carbons (Fsp3) is 0.867. The fourth-order valence-corrected chi connectivity index (χ4v) is 5.45. The minimum Gasteiger partial charge on any atom is -0.388 e. The van der Waals surface area contributed by atoms with Crippen molar-refractivity contribution in [2.75, 3.05) is 0 Å². The number of hydrogen-bond acceptors (Lipinski definition) is 1. The van der Waals surface area contributed by atoms with Crippen LogP contribution >= 0.6 is 0 Å².